The quantitative estimate of drug-likeness (QED) is 0.0649. The van der Waals surface area contributed by atoms with Crippen molar-refractivity contribution in [3.05, 3.63) is 70.8 Å². The third-order valence-corrected chi connectivity index (χ3v) is 6.31. The van der Waals surface area contributed by atoms with Gasteiger partial charge in [0.1, 0.15) is 6.61 Å². The van der Waals surface area contributed by atoms with E-state index in [-0.39, 0.29) is 13.2 Å². The molecule has 0 aromatic heterocycles. The molecule has 8 nitrogen and oxygen atoms in total. The van der Waals surface area contributed by atoms with E-state index in [9.17, 15) is 9.59 Å². The fraction of sp³-hybridized carbons (Fsp3) is 0.562. The molecule has 0 aliphatic rings. The van der Waals surface area contributed by atoms with Gasteiger partial charge in [-0.05, 0) is 68.0 Å². The van der Waals surface area contributed by atoms with Crippen molar-refractivity contribution in [2.45, 2.75) is 91.3 Å². The number of carbonyl (C=O) groups is 2. The molecular weight excluding hydrogens is 512 g/mol. The van der Waals surface area contributed by atoms with E-state index in [1.807, 2.05) is 31.2 Å². The molecule has 0 atom stereocenters. The zero-order valence-electron chi connectivity index (χ0n) is 24.4. The highest BCUT2D eigenvalue weighted by Crippen LogP contribution is 2.13. The van der Waals surface area contributed by atoms with E-state index >= 15 is 0 Å². The lowest BCUT2D eigenvalue weighted by molar-refractivity contribution is -0.427. The van der Waals surface area contributed by atoms with E-state index in [0.717, 1.165) is 36.8 Å². The summed E-state index contributed by atoms with van der Waals surface area (Å²) in [6.07, 6.45) is 10.1. The molecule has 0 fully saturated rings. The van der Waals surface area contributed by atoms with E-state index in [4.69, 9.17) is 29.0 Å². The first-order valence-corrected chi connectivity index (χ1v) is 14.7. The number of hydrogen-bond acceptors (Lipinski definition) is 8. The first-order chi connectivity index (χ1) is 19.6. The van der Waals surface area contributed by atoms with Crippen molar-refractivity contribution in [1.29, 1.82) is 0 Å². The Bertz CT molecular complexity index is 871. The molecule has 0 aliphatic carbocycles. The van der Waals surface area contributed by atoms with Crippen LogP contribution in [0.25, 0.3) is 0 Å². The predicted molar refractivity (Wildman–Crippen MR) is 153 cm³/mol. The van der Waals surface area contributed by atoms with Crippen molar-refractivity contribution in [1.82, 2.24) is 0 Å². The number of hydrogen-bond donors (Lipinski definition) is 0. The molecule has 0 amide bonds. The molecule has 0 saturated carbocycles. The largest absolute Gasteiger partial charge is 0.379 e. The summed E-state index contributed by atoms with van der Waals surface area (Å²) in [5.41, 5.74) is 2.99. The summed E-state index contributed by atoms with van der Waals surface area (Å²) in [5.74, 6) is -1.39. The summed E-state index contributed by atoms with van der Waals surface area (Å²) < 4.78 is 10.7. The Morgan fingerprint density at radius 2 is 1.05 bits per heavy atom. The second-order valence-electron chi connectivity index (χ2n) is 9.65. The van der Waals surface area contributed by atoms with Crippen LogP contribution in [0.3, 0.4) is 0 Å². The molecule has 2 aromatic carbocycles. The van der Waals surface area contributed by atoms with Gasteiger partial charge in [0.25, 0.3) is 6.29 Å². The highest BCUT2D eigenvalue weighted by atomic mass is 17.3. The Morgan fingerprint density at radius 1 is 0.600 bits per heavy atom. The summed E-state index contributed by atoms with van der Waals surface area (Å²) in [7, 11) is 0. The average molecular weight is 559 g/mol. The molecule has 2 rings (SSSR count). The second-order valence-corrected chi connectivity index (χ2v) is 9.65. The molecule has 0 saturated heterocycles. The third kappa shape index (κ3) is 14.0. The van der Waals surface area contributed by atoms with E-state index in [0.29, 0.717) is 24.3 Å². The maximum absolute atomic E-state index is 12.5. The normalized spacial score (nSPS) is 11.1. The minimum Gasteiger partial charge on any atom is -0.379 e. The monoisotopic (exact) mass is 558 g/mol. The van der Waals surface area contributed by atoms with Gasteiger partial charge in [-0.2, -0.15) is 0 Å². The fourth-order valence-corrected chi connectivity index (χ4v) is 3.93. The van der Waals surface area contributed by atoms with Crippen LogP contribution in [0.15, 0.2) is 48.5 Å². The molecule has 0 bridgehead atoms. The smallest absolute Gasteiger partial charge is 0.373 e. The van der Waals surface area contributed by atoms with E-state index in [1.54, 1.807) is 24.3 Å². The summed E-state index contributed by atoms with van der Waals surface area (Å²) in [4.78, 5) is 45.2. The van der Waals surface area contributed by atoms with Gasteiger partial charge < -0.3 is 9.47 Å². The maximum atomic E-state index is 12.5. The highest BCUT2D eigenvalue weighted by molar-refractivity contribution is 5.89. The van der Waals surface area contributed by atoms with Crippen molar-refractivity contribution in [3.63, 3.8) is 0 Å². The van der Waals surface area contributed by atoms with Crippen molar-refractivity contribution >= 4 is 11.9 Å². The van der Waals surface area contributed by atoms with Crippen LogP contribution in [0, 0.1) is 0 Å². The van der Waals surface area contributed by atoms with Gasteiger partial charge in [-0.15, -0.1) is 9.78 Å². The molecule has 40 heavy (non-hydrogen) atoms. The molecule has 8 heteroatoms. The standard InChI is InChI=1S/C32H46O8/c1-4-7-9-11-13-26-15-19-28(20-16-26)31(33)39-37-30(25-36-24-23-35-6-3)38-40-32(34)29-21-17-27(18-22-29)14-12-10-8-5-2/h15-22,30H,4-14,23-25H2,1-3H3. The molecule has 222 valence electrons. The molecule has 0 unspecified atom stereocenters. The summed E-state index contributed by atoms with van der Waals surface area (Å²) in [6, 6.07) is 14.4. The van der Waals surface area contributed by atoms with E-state index in [1.165, 1.54) is 38.5 Å². The minimum absolute atomic E-state index is 0.152. The van der Waals surface area contributed by atoms with Crippen LogP contribution in [0.5, 0.6) is 0 Å². The van der Waals surface area contributed by atoms with Crippen LogP contribution in [-0.2, 0) is 41.9 Å². The molecule has 2 aromatic rings. The number of carbonyl (C=O) groups excluding carboxylic acids is 2. The van der Waals surface area contributed by atoms with E-state index < -0.39 is 18.2 Å². The first kappa shape index (κ1) is 33.4. The molecule has 0 N–H and O–H groups in total. The third-order valence-electron chi connectivity index (χ3n) is 6.31. The fourth-order valence-electron chi connectivity index (χ4n) is 3.93. The number of aryl methyl sites for hydroxylation is 2. The molecule has 0 radical (unpaired) electrons. The van der Waals surface area contributed by atoms with Crippen molar-refractivity contribution in [3.8, 4) is 0 Å². The van der Waals surface area contributed by atoms with Crippen LogP contribution in [-0.4, -0.2) is 44.7 Å². The second kappa shape index (κ2) is 21.0. The lowest BCUT2D eigenvalue weighted by Gasteiger charge is -2.15. The van der Waals surface area contributed by atoms with Gasteiger partial charge in [0.15, 0.2) is 0 Å². The summed E-state index contributed by atoms with van der Waals surface area (Å²) in [6.45, 7) is 7.29. The highest BCUT2D eigenvalue weighted by Gasteiger charge is 2.20. The van der Waals surface area contributed by atoms with Crippen LogP contribution in [0.4, 0.5) is 0 Å². The Labute approximate surface area is 239 Å². The Hall–Kier alpha value is -2.78. The number of unbranched alkanes of at least 4 members (excludes halogenated alkanes) is 6. The van der Waals surface area contributed by atoms with Gasteiger partial charge >= 0.3 is 11.9 Å². The lowest BCUT2D eigenvalue weighted by atomic mass is 10.0. The SMILES string of the molecule is CCCCCCc1ccc(C(=O)OOC(COCCOCC)OOC(=O)c2ccc(CCCCCC)cc2)cc1. The molecule has 0 aliphatic heterocycles. The van der Waals surface area contributed by atoms with Crippen molar-refractivity contribution in [2.24, 2.45) is 0 Å². The van der Waals surface area contributed by atoms with Crippen LogP contribution < -0.4 is 0 Å². The molecule has 0 heterocycles. The Kier molecular flexibility index (Phi) is 17.6. The zero-order valence-corrected chi connectivity index (χ0v) is 24.4. The van der Waals surface area contributed by atoms with Gasteiger partial charge in [-0.3, -0.25) is 9.78 Å². The van der Waals surface area contributed by atoms with Crippen LogP contribution >= 0.6 is 0 Å². The lowest BCUT2D eigenvalue weighted by Crippen LogP contribution is -2.27. The van der Waals surface area contributed by atoms with Gasteiger partial charge in [0.2, 0.25) is 0 Å². The van der Waals surface area contributed by atoms with Gasteiger partial charge in [-0.1, -0.05) is 76.6 Å². The zero-order chi connectivity index (χ0) is 28.8. The average Bonchev–Trinajstić information content (AvgIpc) is 2.98. The van der Waals surface area contributed by atoms with Crippen LogP contribution in [0.1, 0.15) is 104 Å². The van der Waals surface area contributed by atoms with Gasteiger partial charge in [-0.25, -0.2) is 9.59 Å². The number of rotatable bonds is 22. The van der Waals surface area contributed by atoms with Gasteiger partial charge in [0.05, 0.1) is 24.3 Å². The first-order valence-electron chi connectivity index (χ1n) is 14.7. The van der Waals surface area contributed by atoms with Gasteiger partial charge in [0, 0.05) is 6.61 Å². The molecular formula is C32H46O8. The predicted octanol–water partition coefficient (Wildman–Crippen LogP) is 7.19. The van der Waals surface area contributed by atoms with Crippen LogP contribution in [0.2, 0.25) is 0 Å². The summed E-state index contributed by atoms with van der Waals surface area (Å²) in [5, 5.41) is 0. The van der Waals surface area contributed by atoms with Crippen molar-refractivity contribution in [2.75, 3.05) is 26.4 Å². The minimum atomic E-state index is -1.29. The number of ether oxygens (including phenoxy) is 2. The molecule has 0 spiro atoms. The summed E-state index contributed by atoms with van der Waals surface area (Å²) >= 11 is 0. The number of benzene rings is 2. The Balaban J connectivity index is 1.85. The van der Waals surface area contributed by atoms with Crippen molar-refractivity contribution < 1.29 is 38.6 Å². The van der Waals surface area contributed by atoms with E-state index in [2.05, 4.69) is 13.8 Å². The maximum Gasteiger partial charge on any atom is 0.373 e. The Morgan fingerprint density at radius 3 is 1.48 bits per heavy atom. The topological polar surface area (TPSA) is 89.5 Å².